The lowest BCUT2D eigenvalue weighted by Gasteiger charge is -2.11. The van der Waals surface area contributed by atoms with Crippen molar-refractivity contribution < 1.29 is 13.9 Å². The normalized spacial score (nSPS) is 30.4. The van der Waals surface area contributed by atoms with Gasteiger partial charge in [-0.25, -0.2) is 0 Å². The summed E-state index contributed by atoms with van der Waals surface area (Å²) in [6.07, 6.45) is 0. The van der Waals surface area contributed by atoms with Crippen LogP contribution in [0.15, 0.2) is 0 Å². The van der Waals surface area contributed by atoms with Crippen molar-refractivity contribution in [3.05, 3.63) is 0 Å². The van der Waals surface area contributed by atoms with Gasteiger partial charge in [0.15, 0.2) is 0 Å². The quantitative estimate of drug-likeness (QED) is 0.578. The highest BCUT2D eigenvalue weighted by atomic mass is 19.1. The third-order valence-corrected chi connectivity index (χ3v) is 2.04. The molecule has 0 aromatic rings. The zero-order valence-electron chi connectivity index (χ0n) is 6.47. The van der Waals surface area contributed by atoms with Crippen molar-refractivity contribution in [3.8, 4) is 0 Å². The molecule has 11 heavy (non-hydrogen) atoms. The van der Waals surface area contributed by atoms with Gasteiger partial charge < -0.3 is 10.1 Å². The van der Waals surface area contributed by atoms with E-state index in [1.165, 1.54) is 7.11 Å². The Kier molecular flexibility index (Phi) is 2.82. The van der Waals surface area contributed by atoms with E-state index in [2.05, 4.69) is 10.1 Å². The van der Waals surface area contributed by atoms with Crippen molar-refractivity contribution in [1.29, 1.82) is 0 Å². The van der Waals surface area contributed by atoms with E-state index in [-0.39, 0.29) is 17.8 Å². The number of nitrogens with one attached hydrogen (secondary N) is 1. The largest absolute Gasteiger partial charge is 0.469 e. The molecule has 1 aliphatic rings. The minimum Gasteiger partial charge on any atom is -0.469 e. The molecule has 64 valence electrons. The van der Waals surface area contributed by atoms with Gasteiger partial charge in [0.1, 0.15) is 0 Å². The third-order valence-electron chi connectivity index (χ3n) is 2.04. The molecule has 1 fully saturated rings. The van der Waals surface area contributed by atoms with Gasteiger partial charge in [-0.05, 0) is 0 Å². The summed E-state index contributed by atoms with van der Waals surface area (Å²) < 4.78 is 16.7. The smallest absolute Gasteiger partial charge is 0.310 e. The number of halogens is 1. The average Bonchev–Trinajstić information content (AvgIpc) is 2.50. The molecule has 1 aliphatic heterocycles. The fraction of sp³-hybridized carbons (Fsp3) is 0.857. The van der Waals surface area contributed by atoms with E-state index in [0.717, 1.165) is 0 Å². The second-order valence-electron chi connectivity index (χ2n) is 2.70. The van der Waals surface area contributed by atoms with Crippen LogP contribution in [0.4, 0.5) is 4.39 Å². The first-order valence-electron chi connectivity index (χ1n) is 3.64. The molecule has 1 rings (SSSR count). The van der Waals surface area contributed by atoms with Crippen LogP contribution in [0.1, 0.15) is 0 Å². The predicted molar refractivity (Wildman–Crippen MR) is 37.8 cm³/mol. The van der Waals surface area contributed by atoms with Gasteiger partial charge in [0.25, 0.3) is 0 Å². The Bertz CT molecular complexity index is 151. The second kappa shape index (κ2) is 3.67. The van der Waals surface area contributed by atoms with Gasteiger partial charge in [-0.2, -0.15) is 0 Å². The number of carbonyl (C=O) groups is 1. The van der Waals surface area contributed by atoms with Gasteiger partial charge in [-0.3, -0.25) is 9.18 Å². The molecule has 2 atom stereocenters. The molecule has 0 bridgehead atoms. The van der Waals surface area contributed by atoms with Crippen molar-refractivity contribution in [2.75, 3.05) is 26.9 Å². The van der Waals surface area contributed by atoms with Crippen LogP contribution in [0.3, 0.4) is 0 Å². The topological polar surface area (TPSA) is 38.3 Å². The van der Waals surface area contributed by atoms with Crippen LogP contribution in [0.5, 0.6) is 0 Å². The van der Waals surface area contributed by atoms with E-state index in [9.17, 15) is 9.18 Å². The van der Waals surface area contributed by atoms with Crippen LogP contribution < -0.4 is 5.32 Å². The molecule has 0 saturated carbocycles. The summed E-state index contributed by atoms with van der Waals surface area (Å²) in [5.41, 5.74) is 0. The van der Waals surface area contributed by atoms with Crippen molar-refractivity contribution in [1.82, 2.24) is 5.32 Å². The van der Waals surface area contributed by atoms with Crippen LogP contribution >= 0.6 is 0 Å². The van der Waals surface area contributed by atoms with Crippen molar-refractivity contribution >= 4 is 5.97 Å². The van der Waals surface area contributed by atoms with Crippen molar-refractivity contribution in [2.24, 2.45) is 11.8 Å². The monoisotopic (exact) mass is 161 g/mol. The maximum absolute atomic E-state index is 12.2. The maximum atomic E-state index is 12.2. The lowest BCUT2D eigenvalue weighted by molar-refractivity contribution is -0.146. The molecule has 0 aliphatic carbocycles. The molecule has 0 radical (unpaired) electrons. The molecule has 4 heteroatoms. The Labute approximate surface area is 64.9 Å². The second-order valence-corrected chi connectivity index (χ2v) is 2.70. The fourth-order valence-electron chi connectivity index (χ4n) is 1.32. The number of methoxy groups -OCH3 is 1. The van der Waals surface area contributed by atoms with Gasteiger partial charge in [0, 0.05) is 19.0 Å². The van der Waals surface area contributed by atoms with Crippen molar-refractivity contribution in [3.63, 3.8) is 0 Å². The SMILES string of the molecule is COC(=O)[C@@H]1CNC[C@H]1CF. The summed E-state index contributed by atoms with van der Waals surface area (Å²) in [5, 5.41) is 2.95. The summed E-state index contributed by atoms with van der Waals surface area (Å²) >= 11 is 0. The van der Waals surface area contributed by atoms with Gasteiger partial charge >= 0.3 is 5.97 Å². The molecule has 0 aromatic carbocycles. The minimum atomic E-state index is -0.452. The molecule has 1 saturated heterocycles. The van der Waals surface area contributed by atoms with Gasteiger partial charge in [0.2, 0.25) is 0 Å². The first kappa shape index (κ1) is 8.46. The molecule has 0 aromatic heterocycles. The lowest BCUT2D eigenvalue weighted by Crippen LogP contribution is -2.25. The van der Waals surface area contributed by atoms with Crippen LogP contribution in [-0.2, 0) is 9.53 Å². The van der Waals surface area contributed by atoms with E-state index >= 15 is 0 Å². The zero-order chi connectivity index (χ0) is 8.27. The third kappa shape index (κ3) is 1.68. The maximum Gasteiger partial charge on any atom is 0.310 e. The van der Waals surface area contributed by atoms with E-state index in [1.807, 2.05) is 0 Å². The number of hydrogen-bond acceptors (Lipinski definition) is 3. The van der Waals surface area contributed by atoms with Crippen LogP contribution in [0.2, 0.25) is 0 Å². The number of esters is 1. The first-order valence-corrected chi connectivity index (χ1v) is 3.64. The van der Waals surface area contributed by atoms with Gasteiger partial charge in [-0.1, -0.05) is 0 Å². The lowest BCUT2D eigenvalue weighted by atomic mass is 9.98. The van der Waals surface area contributed by atoms with E-state index < -0.39 is 6.67 Å². The molecular formula is C7H12FNO2. The van der Waals surface area contributed by atoms with Gasteiger partial charge in [-0.15, -0.1) is 0 Å². The van der Waals surface area contributed by atoms with Crippen LogP contribution in [-0.4, -0.2) is 32.8 Å². The van der Waals surface area contributed by atoms with Crippen LogP contribution in [0, 0.1) is 11.8 Å². The molecular weight excluding hydrogens is 149 g/mol. The molecule has 1 heterocycles. The Morgan fingerprint density at radius 2 is 2.45 bits per heavy atom. The molecule has 3 nitrogen and oxygen atoms in total. The van der Waals surface area contributed by atoms with E-state index in [0.29, 0.717) is 13.1 Å². The van der Waals surface area contributed by atoms with E-state index in [1.54, 1.807) is 0 Å². The summed E-state index contributed by atoms with van der Waals surface area (Å²) in [7, 11) is 1.33. The number of hydrogen-bond donors (Lipinski definition) is 1. The molecule has 1 N–H and O–H groups in total. The fourth-order valence-corrected chi connectivity index (χ4v) is 1.32. The predicted octanol–water partition coefficient (Wildman–Crippen LogP) is -0.0355. The van der Waals surface area contributed by atoms with E-state index in [4.69, 9.17) is 0 Å². The highest BCUT2D eigenvalue weighted by Crippen LogP contribution is 2.18. The highest BCUT2D eigenvalue weighted by molar-refractivity contribution is 5.73. The summed E-state index contributed by atoms with van der Waals surface area (Å²) in [4.78, 5) is 11.0. The molecule has 0 spiro atoms. The molecule has 0 amide bonds. The highest BCUT2D eigenvalue weighted by Gasteiger charge is 2.33. The number of ether oxygens (including phenoxy) is 1. The summed E-state index contributed by atoms with van der Waals surface area (Å²) in [6, 6.07) is 0. The number of alkyl halides is 1. The number of carbonyl (C=O) groups excluding carboxylic acids is 1. The van der Waals surface area contributed by atoms with Crippen molar-refractivity contribution in [2.45, 2.75) is 0 Å². The zero-order valence-corrected chi connectivity index (χ0v) is 6.47. The number of rotatable bonds is 2. The van der Waals surface area contributed by atoms with Crippen LogP contribution in [0.25, 0.3) is 0 Å². The van der Waals surface area contributed by atoms with Gasteiger partial charge in [0.05, 0.1) is 19.7 Å². The first-order chi connectivity index (χ1) is 5.29. The average molecular weight is 161 g/mol. The Balaban J connectivity index is 2.49. The standard InChI is InChI=1S/C7H12FNO2/c1-11-7(10)6-4-9-3-5(6)2-8/h5-6,9H,2-4H2,1H3/t5-,6-/m1/s1. The molecule has 0 unspecified atom stereocenters. The summed E-state index contributed by atoms with van der Waals surface area (Å²) in [6.45, 7) is 0.671. The Morgan fingerprint density at radius 3 is 3.00 bits per heavy atom. The minimum absolute atomic E-state index is 0.192. The Morgan fingerprint density at radius 1 is 1.73 bits per heavy atom. The summed E-state index contributed by atoms with van der Waals surface area (Å²) in [5.74, 6) is -0.787. The Hall–Kier alpha value is -0.640.